The van der Waals surface area contributed by atoms with E-state index in [1.54, 1.807) is 25.1 Å². The molecule has 0 unspecified atom stereocenters. The predicted octanol–water partition coefficient (Wildman–Crippen LogP) is 3.77. The van der Waals surface area contributed by atoms with Crippen LogP contribution in [-0.4, -0.2) is 13.5 Å². The van der Waals surface area contributed by atoms with Gasteiger partial charge >= 0.3 is 0 Å². The first-order valence-corrected chi connectivity index (χ1v) is 8.98. The van der Waals surface area contributed by atoms with Gasteiger partial charge in [-0.05, 0) is 36.8 Å². The van der Waals surface area contributed by atoms with Crippen LogP contribution in [-0.2, 0) is 16.6 Å². The fourth-order valence-electron chi connectivity index (χ4n) is 1.55. The smallest absolute Gasteiger partial charge is 0.271 e. The molecule has 0 amide bonds. The van der Waals surface area contributed by atoms with E-state index >= 15 is 0 Å². The Morgan fingerprint density at radius 2 is 2.10 bits per heavy atom. The molecule has 0 bridgehead atoms. The maximum atomic E-state index is 12.3. The zero-order valence-electron chi connectivity index (χ0n) is 10.4. The second-order valence-electron chi connectivity index (χ2n) is 4.06. The van der Waals surface area contributed by atoms with Crippen molar-refractivity contribution in [1.82, 2.24) is 0 Å². The highest BCUT2D eigenvalue weighted by Crippen LogP contribution is 2.31. The summed E-state index contributed by atoms with van der Waals surface area (Å²) in [6.07, 6.45) is 0. The second kappa shape index (κ2) is 6.03. The first-order valence-electron chi connectivity index (χ1n) is 5.51. The Kier molecular flexibility index (Phi) is 4.76. The SMILES string of the molecule is Cc1cc(S(=O)(=O)Nc2ccc(Br)cc2Cl)sc1CO. The highest BCUT2D eigenvalue weighted by atomic mass is 79.9. The van der Waals surface area contributed by atoms with E-state index in [2.05, 4.69) is 20.7 Å². The molecular weight excluding hydrogens is 386 g/mol. The lowest BCUT2D eigenvalue weighted by molar-refractivity contribution is 0.285. The monoisotopic (exact) mass is 395 g/mol. The molecule has 0 saturated carbocycles. The highest BCUT2D eigenvalue weighted by molar-refractivity contribution is 9.10. The molecule has 0 saturated heterocycles. The molecule has 0 atom stereocenters. The third kappa shape index (κ3) is 3.35. The molecule has 1 aromatic carbocycles. The number of aryl methyl sites for hydroxylation is 1. The van der Waals surface area contributed by atoms with E-state index in [4.69, 9.17) is 16.7 Å². The van der Waals surface area contributed by atoms with E-state index in [0.29, 0.717) is 15.6 Å². The van der Waals surface area contributed by atoms with Crippen molar-refractivity contribution in [2.24, 2.45) is 0 Å². The molecule has 2 N–H and O–H groups in total. The molecule has 1 aromatic heterocycles. The topological polar surface area (TPSA) is 66.4 Å². The quantitative estimate of drug-likeness (QED) is 0.827. The molecule has 0 aliphatic heterocycles. The summed E-state index contributed by atoms with van der Waals surface area (Å²) >= 11 is 10.3. The van der Waals surface area contributed by atoms with Gasteiger partial charge in [0.1, 0.15) is 4.21 Å². The number of aliphatic hydroxyl groups excluding tert-OH is 1. The van der Waals surface area contributed by atoms with Crippen LogP contribution in [0.5, 0.6) is 0 Å². The van der Waals surface area contributed by atoms with Crippen LogP contribution in [0.15, 0.2) is 32.9 Å². The lowest BCUT2D eigenvalue weighted by Crippen LogP contribution is -2.11. The lowest BCUT2D eigenvalue weighted by atomic mass is 10.3. The Morgan fingerprint density at radius 1 is 1.40 bits per heavy atom. The molecule has 0 aliphatic rings. The number of nitrogens with one attached hydrogen (secondary N) is 1. The van der Waals surface area contributed by atoms with Gasteiger partial charge in [0.15, 0.2) is 0 Å². The summed E-state index contributed by atoms with van der Waals surface area (Å²) in [6, 6.07) is 6.42. The average molecular weight is 397 g/mol. The number of hydrogen-bond donors (Lipinski definition) is 2. The van der Waals surface area contributed by atoms with Crippen LogP contribution in [0.1, 0.15) is 10.4 Å². The van der Waals surface area contributed by atoms with Crippen molar-refractivity contribution < 1.29 is 13.5 Å². The fraction of sp³-hybridized carbons (Fsp3) is 0.167. The van der Waals surface area contributed by atoms with Gasteiger partial charge in [0.25, 0.3) is 10.0 Å². The maximum absolute atomic E-state index is 12.3. The van der Waals surface area contributed by atoms with E-state index in [1.165, 1.54) is 6.07 Å². The number of hydrogen-bond acceptors (Lipinski definition) is 4. The molecule has 8 heteroatoms. The van der Waals surface area contributed by atoms with Gasteiger partial charge in [0, 0.05) is 9.35 Å². The predicted molar refractivity (Wildman–Crippen MR) is 84.9 cm³/mol. The molecule has 0 aliphatic carbocycles. The van der Waals surface area contributed by atoms with E-state index in [9.17, 15) is 8.42 Å². The first kappa shape index (κ1) is 15.8. The van der Waals surface area contributed by atoms with E-state index in [0.717, 1.165) is 21.4 Å². The summed E-state index contributed by atoms with van der Waals surface area (Å²) in [6.45, 7) is 1.58. The van der Waals surface area contributed by atoms with Crippen molar-refractivity contribution in [1.29, 1.82) is 0 Å². The van der Waals surface area contributed by atoms with Gasteiger partial charge in [0.05, 0.1) is 17.3 Å². The van der Waals surface area contributed by atoms with Gasteiger partial charge in [-0.3, -0.25) is 4.72 Å². The molecule has 1 heterocycles. The third-order valence-corrected chi connectivity index (χ3v) is 6.45. The van der Waals surface area contributed by atoms with Gasteiger partial charge < -0.3 is 5.11 Å². The standard InChI is InChI=1S/C12H11BrClNO3S2/c1-7-4-12(19-11(7)6-16)20(17,18)15-10-3-2-8(13)5-9(10)14/h2-5,15-16H,6H2,1H3. The van der Waals surface area contributed by atoms with Gasteiger partial charge in [-0.25, -0.2) is 8.42 Å². The van der Waals surface area contributed by atoms with Crippen molar-refractivity contribution in [3.05, 3.63) is 44.2 Å². The van der Waals surface area contributed by atoms with Crippen molar-refractivity contribution in [2.75, 3.05) is 4.72 Å². The van der Waals surface area contributed by atoms with Crippen molar-refractivity contribution in [3.63, 3.8) is 0 Å². The van der Waals surface area contributed by atoms with Crippen LogP contribution in [0.3, 0.4) is 0 Å². The first-order chi connectivity index (χ1) is 9.33. The van der Waals surface area contributed by atoms with E-state index < -0.39 is 10.0 Å². The number of rotatable bonds is 4. The van der Waals surface area contributed by atoms with Crippen molar-refractivity contribution >= 4 is 54.6 Å². The number of thiophene rings is 1. The van der Waals surface area contributed by atoms with Crippen LogP contribution in [0, 0.1) is 6.92 Å². The van der Waals surface area contributed by atoms with Gasteiger partial charge in [-0.1, -0.05) is 27.5 Å². The summed E-state index contributed by atoms with van der Waals surface area (Å²) in [5, 5.41) is 9.44. The summed E-state index contributed by atoms with van der Waals surface area (Å²) in [5.41, 5.74) is 1.06. The average Bonchev–Trinajstić information content (AvgIpc) is 2.75. The number of aliphatic hydroxyl groups is 1. The number of sulfonamides is 1. The zero-order chi connectivity index (χ0) is 14.9. The molecule has 2 rings (SSSR count). The molecule has 0 radical (unpaired) electrons. The largest absolute Gasteiger partial charge is 0.391 e. The normalized spacial score (nSPS) is 11.6. The summed E-state index contributed by atoms with van der Waals surface area (Å²) in [7, 11) is -3.70. The van der Waals surface area contributed by atoms with Crippen molar-refractivity contribution in [3.8, 4) is 0 Å². The van der Waals surface area contributed by atoms with Crippen LogP contribution in [0.25, 0.3) is 0 Å². The van der Waals surface area contributed by atoms with Gasteiger partial charge in [0.2, 0.25) is 0 Å². The Morgan fingerprint density at radius 3 is 2.65 bits per heavy atom. The van der Waals surface area contributed by atoms with Crippen LogP contribution < -0.4 is 4.72 Å². The Bertz CT molecular complexity index is 743. The lowest BCUT2D eigenvalue weighted by Gasteiger charge is -2.08. The molecular formula is C12H11BrClNO3S2. The second-order valence-corrected chi connectivity index (χ2v) is 8.43. The molecule has 4 nitrogen and oxygen atoms in total. The van der Waals surface area contributed by atoms with Crippen LogP contribution in [0.2, 0.25) is 5.02 Å². The Hall–Kier alpha value is -0.600. The molecule has 2 aromatic rings. The molecule has 0 fully saturated rings. The fourth-order valence-corrected chi connectivity index (χ4v) is 4.85. The molecule has 0 spiro atoms. The molecule has 108 valence electrons. The minimum atomic E-state index is -3.70. The minimum absolute atomic E-state index is 0.151. The maximum Gasteiger partial charge on any atom is 0.271 e. The van der Waals surface area contributed by atoms with E-state index in [1.807, 2.05) is 0 Å². The minimum Gasteiger partial charge on any atom is -0.391 e. The van der Waals surface area contributed by atoms with Gasteiger partial charge in [-0.15, -0.1) is 11.3 Å². The number of halogens is 2. The van der Waals surface area contributed by atoms with E-state index in [-0.39, 0.29) is 10.8 Å². The Balaban J connectivity index is 2.35. The third-order valence-electron chi connectivity index (χ3n) is 2.58. The summed E-state index contributed by atoms with van der Waals surface area (Å²) in [5.74, 6) is 0. The zero-order valence-corrected chi connectivity index (χ0v) is 14.3. The molecule has 20 heavy (non-hydrogen) atoms. The number of anilines is 1. The number of benzene rings is 1. The van der Waals surface area contributed by atoms with Crippen LogP contribution in [0.4, 0.5) is 5.69 Å². The summed E-state index contributed by atoms with van der Waals surface area (Å²) in [4.78, 5) is 0.632. The van der Waals surface area contributed by atoms with Gasteiger partial charge in [-0.2, -0.15) is 0 Å². The van der Waals surface area contributed by atoms with Crippen LogP contribution >= 0.6 is 38.9 Å². The highest BCUT2D eigenvalue weighted by Gasteiger charge is 2.20. The summed E-state index contributed by atoms with van der Waals surface area (Å²) < 4.78 is 27.9. The van der Waals surface area contributed by atoms with Crippen molar-refractivity contribution in [2.45, 2.75) is 17.7 Å². The Labute approximate surface area is 134 Å².